The molecule has 0 spiro atoms. The van der Waals surface area contributed by atoms with Crippen LogP contribution >= 0.6 is 15.9 Å². The molecule has 1 aliphatic heterocycles. The maximum absolute atomic E-state index is 4.48. The van der Waals surface area contributed by atoms with Gasteiger partial charge in [-0.1, -0.05) is 13.8 Å². The fourth-order valence-corrected chi connectivity index (χ4v) is 2.43. The van der Waals surface area contributed by atoms with Crippen LogP contribution in [0.4, 0.5) is 0 Å². The number of rotatable bonds is 2. The summed E-state index contributed by atoms with van der Waals surface area (Å²) in [5.41, 5.74) is 2.50. The average molecular weight is 258 g/mol. The largest absolute Gasteiger partial charge is 0.336 e. The lowest BCUT2D eigenvalue weighted by atomic mass is 9.97. The molecular formula is C10H16BrN3. The van der Waals surface area contributed by atoms with Gasteiger partial charge in [0.25, 0.3) is 0 Å². The second-order valence-electron chi connectivity index (χ2n) is 4.28. The predicted octanol–water partition coefficient (Wildman–Crippen LogP) is 2.41. The van der Waals surface area contributed by atoms with Crippen LogP contribution in [0.2, 0.25) is 0 Å². The summed E-state index contributed by atoms with van der Waals surface area (Å²) in [4.78, 5) is 7.75. The molecule has 0 saturated heterocycles. The van der Waals surface area contributed by atoms with Gasteiger partial charge in [-0.15, -0.1) is 0 Å². The number of aromatic nitrogens is 2. The number of fused-ring (bicyclic) bond motifs is 1. The Morgan fingerprint density at radius 1 is 1.57 bits per heavy atom. The molecule has 1 aliphatic rings. The third kappa shape index (κ3) is 2.01. The molecule has 0 radical (unpaired) electrons. The third-order valence-corrected chi connectivity index (χ3v) is 2.96. The van der Waals surface area contributed by atoms with Crippen molar-refractivity contribution in [3.8, 4) is 0 Å². The van der Waals surface area contributed by atoms with Gasteiger partial charge in [-0.3, -0.25) is 0 Å². The maximum Gasteiger partial charge on any atom is 0.174 e. The zero-order valence-electron chi connectivity index (χ0n) is 8.60. The number of imidazole rings is 1. The number of H-pyrrole nitrogens is 1. The smallest absolute Gasteiger partial charge is 0.174 e. The van der Waals surface area contributed by atoms with Crippen molar-refractivity contribution in [1.29, 1.82) is 0 Å². The Balaban J connectivity index is 2.21. The number of aromatic amines is 1. The first-order valence-corrected chi connectivity index (χ1v) is 5.93. The van der Waals surface area contributed by atoms with E-state index in [2.05, 4.69) is 45.1 Å². The maximum atomic E-state index is 4.48. The lowest BCUT2D eigenvalue weighted by Gasteiger charge is -2.24. The van der Waals surface area contributed by atoms with E-state index in [9.17, 15) is 0 Å². The highest BCUT2D eigenvalue weighted by Gasteiger charge is 2.23. The van der Waals surface area contributed by atoms with Crippen LogP contribution in [0.1, 0.15) is 37.7 Å². The van der Waals surface area contributed by atoms with Gasteiger partial charge in [0.15, 0.2) is 4.73 Å². The molecule has 4 heteroatoms. The van der Waals surface area contributed by atoms with Gasteiger partial charge in [0, 0.05) is 18.7 Å². The molecule has 0 amide bonds. The monoisotopic (exact) mass is 257 g/mol. The van der Waals surface area contributed by atoms with Crippen molar-refractivity contribution in [1.82, 2.24) is 15.3 Å². The first kappa shape index (κ1) is 10.2. The normalized spacial score (nSPS) is 21.3. The molecule has 3 nitrogen and oxygen atoms in total. The van der Waals surface area contributed by atoms with Crippen LogP contribution in [0.25, 0.3) is 0 Å². The zero-order valence-corrected chi connectivity index (χ0v) is 10.2. The third-order valence-electron chi connectivity index (χ3n) is 2.58. The molecule has 0 aliphatic carbocycles. The highest BCUT2D eigenvalue weighted by atomic mass is 79.9. The van der Waals surface area contributed by atoms with Gasteiger partial charge in [0.2, 0.25) is 0 Å². The Kier molecular flexibility index (Phi) is 2.93. The van der Waals surface area contributed by atoms with Crippen LogP contribution in [0.5, 0.6) is 0 Å². The highest BCUT2D eigenvalue weighted by Crippen LogP contribution is 2.27. The lowest BCUT2D eigenvalue weighted by Crippen LogP contribution is -2.30. The molecule has 14 heavy (non-hydrogen) atoms. The zero-order chi connectivity index (χ0) is 10.1. The molecular weight excluding hydrogens is 242 g/mol. The van der Waals surface area contributed by atoms with Crippen molar-refractivity contribution in [3.05, 3.63) is 16.1 Å². The summed E-state index contributed by atoms with van der Waals surface area (Å²) in [5, 5.41) is 3.52. The van der Waals surface area contributed by atoms with Crippen LogP contribution in [0.15, 0.2) is 4.73 Å². The van der Waals surface area contributed by atoms with Crippen LogP contribution in [0, 0.1) is 5.92 Å². The number of hydrogen-bond acceptors (Lipinski definition) is 2. The van der Waals surface area contributed by atoms with E-state index in [0.717, 1.165) is 24.1 Å². The standard InChI is InChI=1S/C10H16BrN3/c1-6(2)5-8-9-7(3-4-12-8)13-10(11)14-9/h6,8,12H,3-5H2,1-2H3,(H,13,14). The minimum Gasteiger partial charge on any atom is -0.336 e. The van der Waals surface area contributed by atoms with Gasteiger partial charge in [0.1, 0.15) is 0 Å². The van der Waals surface area contributed by atoms with Gasteiger partial charge in [0.05, 0.1) is 11.7 Å². The number of halogens is 1. The van der Waals surface area contributed by atoms with Gasteiger partial charge in [-0.25, -0.2) is 4.98 Å². The fraction of sp³-hybridized carbons (Fsp3) is 0.700. The molecule has 1 aromatic heterocycles. The van der Waals surface area contributed by atoms with Gasteiger partial charge in [-0.05, 0) is 28.3 Å². The van der Waals surface area contributed by atoms with Crippen LogP contribution in [-0.2, 0) is 6.42 Å². The SMILES string of the molecule is CC(C)CC1NCCc2[nH]c(Br)nc21. The van der Waals surface area contributed by atoms with E-state index in [1.54, 1.807) is 0 Å². The Morgan fingerprint density at radius 3 is 3.07 bits per heavy atom. The minimum absolute atomic E-state index is 0.432. The fourth-order valence-electron chi connectivity index (χ4n) is 2.00. The number of nitrogens with one attached hydrogen (secondary N) is 2. The number of hydrogen-bond donors (Lipinski definition) is 2. The summed E-state index contributed by atoms with van der Waals surface area (Å²) in [5.74, 6) is 0.703. The van der Waals surface area contributed by atoms with Crippen molar-refractivity contribution in [2.75, 3.05) is 6.54 Å². The summed E-state index contributed by atoms with van der Waals surface area (Å²) in [6.07, 6.45) is 2.22. The number of nitrogens with zero attached hydrogens (tertiary/aromatic N) is 1. The molecule has 78 valence electrons. The molecule has 0 saturated carbocycles. The highest BCUT2D eigenvalue weighted by molar-refractivity contribution is 9.10. The topological polar surface area (TPSA) is 40.7 Å². The minimum atomic E-state index is 0.432. The summed E-state index contributed by atoms with van der Waals surface area (Å²) in [7, 11) is 0. The lowest BCUT2D eigenvalue weighted by molar-refractivity contribution is 0.406. The van der Waals surface area contributed by atoms with E-state index in [0.29, 0.717) is 12.0 Å². The molecule has 1 aromatic rings. The molecule has 1 unspecified atom stereocenters. The predicted molar refractivity (Wildman–Crippen MR) is 60.2 cm³/mol. The van der Waals surface area contributed by atoms with E-state index in [-0.39, 0.29) is 0 Å². The van der Waals surface area contributed by atoms with Crippen molar-refractivity contribution < 1.29 is 0 Å². The van der Waals surface area contributed by atoms with Crippen molar-refractivity contribution >= 4 is 15.9 Å². The molecule has 0 aromatic carbocycles. The molecule has 0 bridgehead atoms. The Morgan fingerprint density at radius 2 is 2.36 bits per heavy atom. The summed E-state index contributed by atoms with van der Waals surface area (Å²) in [6.45, 7) is 5.55. The first-order chi connectivity index (χ1) is 6.66. The molecule has 2 heterocycles. The Bertz CT molecular complexity index is 319. The van der Waals surface area contributed by atoms with Crippen LogP contribution < -0.4 is 5.32 Å². The van der Waals surface area contributed by atoms with Crippen LogP contribution in [0.3, 0.4) is 0 Å². The Hall–Kier alpha value is -0.350. The first-order valence-electron chi connectivity index (χ1n) is 5.14. The van der Waals surface area contributed by atoms with E-state index in [1.807, 2.05) is 0 Å². The summed E-state index contributed by atoms with van der Waals surface area (Å²) < 4.78 is 0.861. The molecule has 1 atom stereocenters. The van der Waals surface area contributed by atoms with Crippen molar-refractivity contribution in [2.45, 2.75) is 32.7 Å². The van der Waals surface area contributed by atoms with E-state index >= 15 is 0 Å². The quantitative estimate of drug-likeness (QED) is 0.855. The van der Waals surface area contributed by atoms with Crippen molar-refractivity contribution in [3.63, 3.8) is 0 Å². The summed E-state index contributed by atoms with van der Waals surface area (Å²) >= 11 is 3.39. The van der Waals surface area contributed by atoms with Gasteiger partial charge >= 0.3 is 0 Å². The van der Waals surface area contributed by atoms with Crippen LogP contribution in [-0.4, -0.2) is 16.5 Å². The van der Waals surface area contributed by atoms with E-state index in [1.165, 1.54) is 11.4 Å². The second-order valence-corrected chi connectivity index (χ2v) is 5.03. The molecule has 2 N–H and O–H groups in total. The average Bonchev–Trinajstić information content (AvgIpc) is 2.45. The van der Waals surface area contributed by atoms with Crippen molar-refractivity contribution in [2.24, 2.45) is 5.92 Å². The summed E-state index contributed by atoms with van der Waals surface area (Å²) in [6, 6.07) is 0.432. The van der Waals surface area contributed by atoms with Gasteiger partial charge < -0.3 is 10.3 Å². The van der Waals surface area contributed by atoms with E-state index in [4.69, 9.17) is 0 Å². The molecule has 0 fully saturated rings. The Labute approximate surface area is 92.8 Å². The van der Waals surface area contributed by atoms with Gasteiger partial charge in [-0.2, -0.15) is 0 Å². The molecule has 2 rings (SSSR count). The second kappa shape index (κ2) is 4.03. The van der Waals surface area contributed by atoms with E-state index < -0.39 is 0 Å².